The molecule has 0 aromatic heterocycles. The van der Waals surface area contributed by atoms with Crippen LogP contribution in [0, 0.1) is 12.3 Å². The molecule has 2 N–H and O–H groups in total. The predicted octanol–water partition coefficient (Wildman–Crippen LogP) is 4.90. The fourth-order valence-corrected chi connectivity index (χ4v) is 2.45. The summed E-state index contributed by atoms with van der Waals surface area (Å²) in [6, 6.07) is 15.2. The molecular weight excluding hydrogens is 324 g/mol. The first-order valence-corrected chi connectivity index (χ1v) is 8.80. The molecule has 138 valence electrons. The molecule has 0 saturated carbocycles. The Morgan fingerprint density at radius 2 is 1.31 bits per heavy atom. The summed E-state index contributed by atoms with van der Waals surface area (Å²) < 4.78 is 0. The zero-order valence-corrected chi connectivity index (χ0v) is 16.4. The highest BCUT2D eigenvalue weighted by Crippen LogP contribution is 2.25. The van der Waals surface area contributed by atoms with Crippen LogP contribution in [-0.2, 0) is 15.0 Å². The van der Waals surface area contributed by atoms with Gasteiger partial charge < -0.3 is 10.6 Å². The Morgan fingerprint density at radius 1 is 0.769 bits per heavy atom. The minimum absolute atomic E-state index is 0.0511. The van der Waals surface area contributed by atoms with Crippen LogP contribution in [0.3, 0.4) is 0 Å². The summed E-state index contributed by atoms with van der Waals surface area (Å²) in [4.78, 5) is 25.2. The van der Waals surface area contributed by atoms with Gasteiger partial charge in [-0.3, -0.25) is 9.59 Å². The number of anilines is 2. The van der Waals surface area contributed by atoms with Gasteiger partial charge in [0.2, 0.25) is 11.8 Å². The van der Waals surface area contributed by atoms with Crippen molar-refractivity contribution in [1.29, 1.82) is 0 Å². The molecular formula is C22H28N2O2. The van der Waals surface area contributed by atoms with Crippen molar-refractivity contribution in [3.05, 3.63) is 59.7 Å². The topological polar surface area (TPSA) is 58.2 Å². The van der Waals surface area contributed by atoms with Crippen molar-refractivity contribution in [3.63, 3.8) is 0 Å². The van der Waals surface area contributed by atoms with Gasteiger partial charge in [-0.1, -0.05) is 45.0 Å². The summed E-state index contributed by atoms with van der Waals surface area (Å²) >= 11 is 0. The molecule has 4 heteroatoms. The van der Waals surface area contributed by atoms with E-state index in [1.165, 1.54) is 5.56 Å². The number of amides is 2. The van der Waals surface area contributed by atoms with Gasteiger partial charge in [0.25, 0.3) is 0 Å². The Morgan fingerprint density at radius 3 is 1.81 bits per heavy atom. The van der Waals surface area contributed by atoms with Gasteiger partial charge in [-0.15, -0.1) is 0 Å². The van der Waals surface area contributed by atoms with E-state index in [-0.39, 0.29) is 17.2 Å². The Bertz CT molecular complexity index is 800. The molecule has 2 aromatic rings. The predicted molar refractivity (Wildman–Crippen MR) is 107 cm³/mol. The van der Waals surface area contributed by atoms with E-state index in [0.717, 1.165) is 5.56 Å². The summed E-state index contributed by atoms with van der Waals surface area (Å²) in [6.07, 6.45) is 0. The molecule has 0 unspecified atom stereocenters. The van der Waals surface area contributed by atoms with Crippen molar-refractivity contribution in [2.24, 2.45) is 5.41 Å². The number of aryl methyl sites for hydroxylation is 1. The molecule has 2 rings (SSSR count). The minimum Gasteiger partial charge on any atom is -0.325 e. The summed E-state index contributed by atoms with van der Waals surface area (Å²) in [5.41, 5.74) is 2.45. The number of carbonyl (C=O) groups is 2. The molecule has 2 aromatic carbocycles. The van der Waals surface area contributed by atoms with Crippen LogP contribution in [-0.4, -0.2) is 11.8 Å². The summed E-state index contributed by atoms with van der Waals surface area (Å²) in [5.74, 6) is -0.682. The molecule has 0 heterocycles. The lowest BCUT2D eigenvalue weighted by molar-refractivity contribution is -0.135. The van der Waals surface area contributed by atoms with Gasteiger partial charge in [0.1, 0.15) is 5.41 Å². The normalized spacial score (nSPS) is 11.8. The summed E-state index contributed by atoms with van der Waals surface area (Å²) in [7, 11) is 0. The summed E-state index contributed by atoms with van der Waals surface area (Å²) in [5, 5.41) is 5.66. The largest absolute Gasteiger partial charge is 0.325 e. The first-order valence-electron chi connectivity index (χ1n) is 8.80. The molecule has 0 radical (unpaired) electrons. The molecule has 0 saturated heterocycles. The fraction of sp³-hybridized carbons (Fsp3) is 0.364. The maximum Gasteiger partial charge on any atom is 0.239 e. The van der Waals surface area contributed by atoms with Crippen LogP contribution in [0.25, 0.3) is 0 Å². The van der Waals surface area contributed by atoms with Crippen molar-refractivity contribution >= 4 is 23.2 Å². The van der Waals surface area contributed by atoms with Crippen LogP contribution < -0.4 is 10.6 Å². The third kappa shape index (κ3) is 4.72. The zero-order valence-electron chi connectivity index (χ0n) is 16.4. The van der Waals surface area contributed by atoms with Gasteiger partial charge in [-0.05, 0) is 61.6 Å². The Labute approximate surface area is 156 Å². The number of carbonyl (C=O) groups excluding carboxylic acids is 2. The van der Waals surface area contributed by atoms with E-state index in [4.69, 9.17) is 0 Å². The van der Waals surface area contributed by atoms with Crippen molar-refractivity contribution in [2.45, 2.75) is 47.0 Å². The smallest absolute Gasteiger partial charge is 0.239 e. The average Bonchev–Trinajstić information content (AvgIpc) is 2.54. The van der Waals surface area contributed by atoms with E-state index in [9.17, 15) is 9.59 Å². The van der Waals surface area contributed by atoms with Crippen LogP contribution >= 0.6 is 0 Å². The zero-order chi connectivity index (χ0) is 19.5. The van der Waals surface area contributed by atoms with E-state index in [2.05, 4.69) is 31.4 Å². The quantitative estimate of drug-likeness (QED) is 0.769. The molecule has 0 spiro atoms. The lowest BCUT2D eigenvalue weighted by atomic mass is 9.87. The first-order chi connectivity index (χ1) is 12.0. The second-order valence-corrected chi connectivity index (χ2v) is 8.23. The molecule has 0 aliphatic heterocycles. The first kappa shape index (κ1) is 19.7. The second kappa shape index (κ2) is 7.32. The van der Waals surface area contributed by atoms with Crippen molar-refractivity contribution in [2.75, 3.05) is 10.6 Å². The lowest BCUT2D eigenvalue weighted by Crippen LogP contribution is -2.41. The van der Waals surface area contributed by atoms with Gasteiger partial charge >= 0.3 is 0 Å². The van der Waals surface area contributed by atoms with Gasteiger partial charge in [-0.25, -0.2) is 0 Å². The standard InChI is InChI=1S/C22H28N2O2/c1-15-8-7-9-18(14-15)24-20(26)22(5,6)19(25)23-17-12-10-16(11-13-17)21(2,3)4/h7-14H,1-6H3,(H,23,25)(H,24,26). The summed E-state index contributed by atoms with van der Waals surface area (Å²) in [6.45, 7) is 11.6. The highest BCUT2D eigenvalue weighted by molar-refractivity contribution is 6.14. The van der Waals surface area contributed by atoms with Crippen LogP contribution in [0.15, 0.2) is 48.5 Å². The molecule has 0 bridgehead atoms. The number of rotatable bonds is 4. The monoisotopic (exact) mass is 352 g/mol. The van der Waals surface area contributed by atoms with E-state index < -0.39 is 5.41 Å². The lowest BCUT2D eigenvalue weighted by Gasteiger charge is -2.23. The van der Waals surface area contributed by atoms with Crippen molar-refractivity contribution in [1.82, 2.24) is 0 Å². The van der Waals surface area contributed by atoms with E-state index >= 15 is 0 Å². The van der Waals surface area contributed by atoms with E-state index in [0.29, 0.717) is 11.4 Å². The third-order valence-corrected chi connectivity index (χ3v) is 4.42. The van der Waals surface area contributed by atoms with Crippen molar-refractivity contribution < 1.29 is 9.59 Å². The van der Waals surface area contributed by atoms with Gasteiger partial charge in [0.05, 0.1) is 0 Å². The molecule has 26 heavy (non-hydrogen) atoms. The van der Waals surface area contributed by atoms with Crippen LogP contribution in [0.4, 0.5) is 11.4 Å². The van der Waals surface area contributed by atoms with Gasteiger partial charge in [-0.2, -0.15) is 0 Å². The molecule has 2 amide bonds. The Hall–Kier alpha value is -2.62. The fourth-order valence-electron chi connectivity index (χ4n) is 2.45. The van der Waals surface area contributed by atoms with Gasteiger partial charge in [0.15, 0.2) is 0 Å². The molecule has 0 fully saturated rings. The van der Waals surface area contributed by atoms with E-state index in [1.54, 1.807) is 13.8 Å². The third-order valence-electron chi connectivity index (χ3n) is 4.42. The SMILES string of the molecule is Cc1cccc(NC(=O)C(C)(C)C(=O)Nc2ccc(C(C)(C)C)cc2)c1. The molecule has 0 aliphatic carbocycles. The minimum atomic E-state index is -1.20. The maximum atomic E-state index is 12.6. The number of hydrogen-bond acceptors (Lipinski definition) is 2. The molecule has 4 nitrogen and oxygen atoms in total. The number of hydrogen-bond donors (Lipinski definition) is 2. The Kier molecular flexibility index (Phi) is 5.55. The highest BCUT2D eigenvalue weighted by Gasteiger charge is 2.36. The second-order valence-electron chi connectivity index (χ2n) is 8.23. The van der Waals surface area contributed by atoms with Crippen LogP contribution in [0.1, 0.15) is 45.7 Å². The number of nitrogens with one attached hydrogen (secondary N) is 2. The van der Waals surface area contributed by atoms with Gasteiger partial charge in [0, 0.05) is 11.4 Å². The number of benzene rings is 2. The maximum absolute atomic E-state index is 12.6. The average molecular weight is 352 g/mol. The highest BCUT2D eigenvalue weighted by atomic mass is 16.2. The molecule has 0 atom stereocenters. The Balaban J connectivity index is 2.08. The molecule has 0 aliphatic rings. The van der Waals surface area contributed by atoms with E-state index in [1.807, 2.05) is 55.5 Å². The van der Waals surface area contributed by atoms with Crippen LogP contribution in [0.2, 0.25) is 0 Å². The van der Waals surface area contributed by atoms with Crippen LogP contribution in [0.5, 0.6) is 0 Å². The van der Waals surface area contributed by atoms with Crippen molar-refractivity contribution in [3.8, 4) is 0 Å².